The lowest BCUT2D eigenvalue weighted by atomic mass is 10.0. The second-order valence-corrected chi connectivity index (χ2v) is 26.9. The lowest BCUT2D eigenvalue weighted by Crippen LogP contribution is -2.30. The Balaban J connectivity index is 5.22. The Morgan fingerprint density at radius 3 is 0.810 bits per heavy atom. The smallest absolute Gasteiger partial charge is 0.462 e. The summed E-state index contributed by atoms with van der Waals surface area (Å²) in [4.78, 5) is 72.2. The fourth-order valence-corrected chi connectivity index (χ4v) is 11.3. The highest BCUT2D eigenvalue weighted by atomic mass is 31.2. The summed E-state index contributed by atoms with van der Waals surface area (Å²) in [5.41, 5.74) is 0. The molecular formula is C65H126O17P2. The molecule has 2 unspecified atom stereocenters. The van der Waals surface area contributed by atoms with Gasteiger partial charge in [-0.05, 0) is 31.6 Å². The first-order chi connectivity index (χ1) is 40.5. The maximum absolute atomic E-state index is 13.0. The van der Waals surface area contributed by atoms with Crippen molar-refractivity contribution in [2.75, 3.05) is 39.6 Å². The minimum Gasteiger partial charge on any atom is -0.462 e. The molecule has 0 saturated carbocycles. The molecule has 0 aromatic heterocycles. The van der Waals surface area contributed by atoms with E-state index in [1.807, 2.05) is 0 Å². The predicted octanol–water partition coefficient (Wildman–Crippen LogP) is 18.2. The summed E-state index contributed by atoms with van der Waals surface area (Å²) < 4.78 is 68.0. The van der Waals surface area contributed by atoms with E-state index in [0.717, 1.165) is 102 Å². The second kappa shape index (κ2) is 58.7. The molecule has 0 rings (SSSR count). The highest BCUT2D eigenvalue weighted by Crippen LogP contribution is 2.45. The molecule has 17 nitrogen and oxygen atoms in total. The number of carbonyl (C=O) groups is 4. The van der Waals surface area contributed by atoms with Gasteiger partial charge in [0, 0.05) is 25.7 Å². The summed E-state index contributed by atoms with van der Waals surface area (Å²) in [5, 5.41) is 10.5. The van der Waals surface area contributed by atoms with E-state index in [-0.39, 0.29) is 25.7 Å². The van der Waals surface area contributed by atoms with Crippen LogP contribution in [0.3, 0.4) is 0 Å². The molecular weight excluding hydrogens is 1110 g/mol. The Kier molecular flexibility index (Phi) is 57.4. The van der Waals surface area contributed by atoms with E-state index in [0.29, 0.717) is 25.7 Å². The van der Waals surface area contributed by atoms with E-state index >= 15 is 0 Å². The van der Waals surface area contributed by atoms with Crippen LogP contribution in [0.2, 0.25) is 0 Å². The van der Waals surface area contributed by atoms with Crippen LogP contribution in [0.25, 0.3) is 0 Å². The predicted molar refractivity (Wildman–Crippen MR) is 335 cm³/mol. The monoisotopic (exact) mass is 1240 g/mol. The van der Waals surface area contributed by atoms with Crippen LogP contribution in [-0.2, 0) is 65.4 Å². The molecule has 0 bridgehead atoms. The third-order valence-corrected chi connectivity index (χ3v) is 16.9. The second-order valence-electron chi connectivity index (χ2n) is 24.0. The first kappa shape index (κ1) is 82.1. The molecule has 498 valence electrons. The van der Waals surface area contributed by atoms with Gasteiger partial charge in [-0.3, -0.25) is 37.3 Å². The minimum atomic E-state index is -4.94. The summed E-state index contributed by atoms with van der Waals surface area (Å²) >= 11 is 0. The van der Waals surface area contributed by atoms with Crippen LogP contribution in [0, 0.1) is 5.92 Å². The molecule has 0 aliphatic heterocycles. The minimum absolute atomic E-state index is 0.106. The lowest BCUT2D eigenvalue weighted by molar-refractivity contribution is -0.161. The molecule has 0 radical (unpaired) electrons. The van der Waals surface area contributed by atoms with Gasteiger partial charge in [0.05, 0.1) is 26.4 Å². The number of carbonyl (C=O) groups excluding carboxylic acids is 4. The van der Waals surface area contributed by atoms with Gasteiger partial charge in [0.15, 0.2) is 12.2 Å². The Morgan fingerprint density at radius 1 is 0.321 bits per heavy atom. The van der Waals surface area contributed by atoms with Crippen molar-refractivity contribution in [3.8, 4) is 0 Å². The van der Waals surface area contributed by atoms with Gasteiger partial charge in [0.2, 0.25) is 0 Å². The molecule has 0 spiro atoms. The maximum atomic E-state index is 13.0. The van der Waals surface area contributed by atoms with Gasteiger partial charge in [-0.15, -0.1) is 0 Å². The van der Waals surface area contributed by atoms with Gasteiger partial charge in [-0.1, -0.05) is 279 Å². The summed E-state index contributed by atoms with van der Waals surface area (Å²) in [7, 11) is -9.88. The van der Waals surface area contributed by atoms with Crippen molar-refractivity contribution in [2.45, 2.75) is 348 Å². The quantitative estimate of drug-likeness (QED) is 0.0222. The molecule has 0 aliphatic rings. The normalized spacial score (nSPS) is 14.2. The summed E-state index contributed by atoms with van der Waals surface area (Å²) in [6.07, 6.45) is 43.0. The van der Waals surface area contributed by atoms with E-state index in [2.05, 4.69) is 34.6 Å². The van der Waals surface area contributed by atoms with Gasteiger partial charge < -0.3 is 33.8 Å². The van der Waals surface area contributed by atoms with Crippen molar-refractivity contribution < 1.29 is 80.2 Å². The molecule has 0 saturated heterocycles. The van der Waals surface area contributed by atoms with Crippen molar-refractivity contribution in [2.24, 2.45) is 5.92 Å². The Labute approximate surface area is 511 Å². The number of ether oxygens (including phenoxy) is 4. The summed E-state index contributed by atoms with van der Waals surface area (Å²) in [6, 6.07) is 0. The molecule has 0 heterocycles. The molecule has 19 heteroatoms. The third-order valence-electron chi connectivity index (χ3n) is 15.0. The topological polar surface area (TPSA) is 237 Å². The van der Waals surface area contributed by atoms with Crippen molar-refractivity contribution in [1.29, 1.82) is 0 Å². The standard InChI is InChI=1S/C65H126O17P2/c1-6-9-12-15-18-21-22-23-24-25-31-36-41-46-51-65(70)82-61(55-76-63(68)49-44-39-34-30-27-26-29-32-37-42-47-58(4)5)57-80-84(73,74)78-53-59(66)52-77-83(71,72)79-56-60(54-75-62(67)48-43-38-33-20-17-14-11-8-3)81-64(69)50-45-40-35-28-19-16-13-10-7-2/h58-61,66H,6-57H2,1-5H3,(H,71,72)(H,73,74)/t59-,60+,61+/m0/s1. The fraction of sp³-hybridized carbons (Fsp3) is 0.938. The van der Waals surface area contributed by atoms with Crippen LogP contribution >= 0.6 is 15.6 Å². The van der Waals surface area contributed by atoms with Crippen molar-refractivity contribution >= 4 is 39.5 Å². The summed E-state index contributed by atoms with van der Waals surface area (Å²) in [5.74, 6) is -1.37. The molecule has 0 amide bonds. The van der Waals surface area contributed by atoms with Crippen LogP contribution in [0.4, 0.5) is 0 Å². The van der Waals surface area contributed by atoms with Crippen LogP contribution in [0.15, 0.2) is 0 Å². The van der Waals surface area contributed by atoms with Crippen LogP contribution in [0.1, 0.15) is 330 Å². The largest absolute Gasteiger partial charge is 0.472 e. The summed E-state index contributed by atoms with van der Waals surface area (Å²) in [6.45, 7) is 7.16. The van der Waals surface area contributed by atoms with E-state index in [4.69, 9.17) is 37.0 Å². The number of aliphatic hydroxyl groups excluding tert-OH is 1. The number of unbranched alkanes of at least 4 members (excludes halogenated alkanes) is 37. The van der Waals surface area contributed by atoms with Gasteiger partial charge in [0.25, 0.3) is 0 Å². The van der Waals surface area contributed by atoms with E-state index < -0.39 is 97.5 Å². The van der Waals surface area contributed by atoms with Gasteiger partial charge in [-0.25, -0.2) is 9.13 Å². The molecule has 0 aromatic rings. The molecule has 0 aromatic carbocycles. The van der Waals surface area contributed by atoms with Crippen LogP contribution in [0.5, 0.6) is 0 Å². The number of aliphatic hydroxyl groups is 1. The van der Waals surface area contributed by atoms with E-state index in [1.54, 1.807) is 0 Å². The fourth-order valence-electron chi connectivity index (χ4n) is 9.76. The molecule has 3 N–H and O–H groups in total. The molecule has 84 heavy (non-hydrogen) atoms. The average molecular weight is 1240 g/mol. The van der Waals surface area contributed by atoms with Crippen molar-refractivity contribution in [3.63, 3.8) is 0 Å². The number of rotatable bonds is 65. The Hall–Kier alpha value is -1.94. The molecule has 0 aliphatic carbocycles. The average Bonchev–Trinajstić information content (AvgIpc) is 3.57. The SMILES string of the molecule is CCCCCCCCCCCCCCCCC(=O)O[C@H](COC(=O)CCCCCCCCCCCCC(C)C)COP(=O)(O)OC[C@@H](O)COP(=O)(O)OC[C@@H](COC(=O)CCCCCCCCCC)OC(=O)CCCCCCCCCCC. The van der Waals surface area contributed by atoms with E-state index in [1.165, 1.54) is 148 Å². The van der Waals surface area contributed by atoms with Gasteiger partial charge in [0.1, 0.15) is 19.3 Å². The highest BCUT2D eigenvalue weighted by molar-refractivity contribution is 7.47. The zero-order valence-electron chi connectivity index (χ0n) is 54.0. The first-order valence-electron chi connectivity index (χ1n) is 34.1. The number of phosphoric ester groups is 2. The molecule has 5 atom stereocenters. The van der Waals surface area contributed by atoms with Crippen LogP contribution < -0.4 is 0 Å². The third kappa shape index (κ3) is 59.0. The van der Waals surface area contributed by atoms with E-state index in [9.17, 15) is 43.2 Å². The maximum Gasteiger partial charge on any atom is 0.472 e. The lowest BCUT2D eigenvalue weighted by Gasteiger charge is -2.21. The zero-order chi connectivity index (χ0) is 62.0. The molecule has 0 fully saturated rings. The van der Waals surface area contributed by atoms with Crippen LogP contribution in [-0.4, -0.2) is 96.7 Å². The van der Waals surface area contributed by atoms with Gasteiger partial charge in [-0.2, -0.15) is 0 Å². The van der Waals surface area contributed by atoms with Gasteiger partial charge >= 0.3 is 39.5 Å². The Bertz CT molecular complexity index is 1640. The Morgan fingerprint density at radius 2 is 0.548 bits per heavy atom. The van der Waals surface area contributed by atoms with Crippen molar-refractivity contribution in [3.05, 3.63) is 0 Å². The number of hydrogen-bond acceptors (Lipinski definition) is 15. The first-order valence-corrected chi connectivity index (χ1v) is 37.1. The zero-order valence-corrected chi connectivity index (χ0v) is 55.8. The number of hydrogen-bond donors (Lipinski definition) is 3. The van der Waals surface area contributed by atoms with Crippen molar-refractivity contribution in [1.82, 2.24) is 0 Å². The number of phosphoric acid groups is 2. The number of esters is 4. The highest BCUT2D eigenvalue weighted by Gasteiger charge is 2.30.